The SMILES string of the molecule is C=CCn1c(=O)c2c(nc3n(-c4ccccc4CC)c(C)c(C)n23)n(C)c1=O. The van der Waals surface area contributed by atoms with E-state index in [1.807, 2.05) is 30.4 Å². The molecule has 0 unspecified atom stereocenters. The first-order valence-electron chi connectivity index (χ1n) is 9.31. The Kier molecular flexibility index (Phi) is 4.10. The Morgan fingerprint density at radius 1 is 1.14 bits per heavy atom. The standard InChI is InChI=1S/C21H23N5O2/c1-6-12-24-19(27)17-18(23(5)21(24)28)22-20-25(13(3)14(4)26(17)20)16-11-9-8-10-15(16)7-2/h6,8-11H,1,7,12H2,2-5H3. The summed E-state index contributed by atoms with van der Waals surface area (Å²) in [5.74, 6) is 0.634. The predicted octanol–water partition coefficient (Wildman–Crippen LogP) is 2.50. The van der Waals surface area contributed by atoms with E-state index < -0.39 is 5.69 Å². The molecule has 0 amide bonds. The normalized spacial score (nSPS) is 11.6. The number of imidazole rings is 2. The molecule has 4 rings (SSSR count). The fourth-order valence-corrected chi connectivity index (χ4v) is 3.86. The second kappa shape index (κ2) is 6.37. The highest BCUT2D eigenvalue weighted by molar-refractivity contribution is 5.77. The van der Waals surface area contributed by atoms with Crippen molar-refractivity contribution in [3.8, 4) is 5.69 Å². The zero-order valence-corrected chi connectivity index (χ0v) is 16.6. The summed E-state index contributed by atoms with van der Waals surface area (Å²) in [4.78, 5) is 30.5. The lowest BCUT2D eigenvalue weighted by Gasteiger charge is -2.11. The van der Waals surface area contributed by atoms with Crippen LogP contribution in [0, 0.1) is 13.8 Å². The van der Waals surface area contributed by atoms with Crippen LogP contribution in [0.5, 0.6) is 0 Å². The van der Waals surface area contributed by atoms with Crippen LogP contribution in [0.25, 0.3) is 22.6 Å². The molecule has 0 N–H and O–H groups in total. The Hall–Kier alpha value is -3.35. The van der Waals surface area contributed by atoms with Crippen molar-refractivity contribution in [2.24, 2.45) is 7.05 Å². The van der Waals surface area contributed by atoms with Gasteiger partial charge >= 0.3 is 5.69 Å². The molecule has 3 aromatic heterocycles. The van der Waals surface area contributed by atoms with Crippen molar-refractivity contribution in [1.29, 1.82) is 0 Å². The number of allylic oxidation sites excluding steroid dienone is 1. The van der Waals surface area contributed by atoms with Crippen LogP contribution < -0.4 is 11.2 Å². The maximum atomic E-state index is 13.1. The second-order valence-electron chi connectivity index (χ2n) is 6.95. The summed E-state index contributed by atoms with van der Waals surface area (Å²) < 4.78 is 6.54. The lowest BCUT2D eigenvalue weighted by atomic mass is 10.1. The number of aromatic nitrogens is 5. The van der Waals surface area contributed by atoms with Crippen molar-refractivity contribution < 1.29 is 0 Å². The summed E-state index contributed by atoms with van der Waals surface area (Å²) in [6.07, 6.45) is 2.43. The highest BCUT2D eigenvalue weighted by Gasteiger charge is 2.23. The van der Waals surface area contributed by atoms with Crippen molar-refractivity contribution in [3.63, 3.8) is 0 Å². The number of nitrogens with zero attached hydrogens (tertiary/aromatic N) is 5. The van der Waals surface area contributed by atoms with E-state index >= 15 is 0 Å². The van der Waals surface area contributed by atoms with Gasteiger partial charge in [-0.25, -0.2) is 4.79 Å². The molecule has 0 fully saturated rings. The largest absolute Gasteiger partial charge is 0.332 e. The zero-order chi connectivity index (χ0) is 20.2. The molecular weight excluding hydrogens is 354 g/mol. The van der Waals surface area contributed by atoms with Crippen molar-refractivity contribution >= 4 is 16.9 Å². The molecule has 4 aromatic rings. The molecule has 0 spiro atoms. The van der Waals surface area contributed by atoms with Gasteiger partial charge in [-0.1, -0.05) is 31.2 Å². The minimum absolute atomic E-state index is 0.159. The Balaban J connectivity index is 2.23. The van der Waals surface area contributed by atoms with Crippen LogP contribution in [0.3, 0.4) is 0 Å². The smallest absolute Gasteiger partial charge is 0.282 e. The van der Waals surface area contributed by atoms with E-state index in [2.05, 4.69) is 30.2 Å². The van der Waals surface area contributed by atoms with Crippen molar-refractivity contribution in [2.75, 3.05) is 0 Å². The van der Waals surface area contributed by atoms with Crippen LogP contribution in [-0.4, -0.2) is 23.1 Å². The molecule has 3 heterocycles. The molecule has 0 saturated heterocycles. The Labute approximate surface area is 161 Å². The van der Waals surface area contributed by atoms with Gasteiger partial charge in [-0.15, -0.1) is 6.58 Å². The quantitative estimate of drug-likeness (QED) is 0.513. The summed E-state index contributed by atoms with van der Waals surface area (Å²) >= 11 is 0. The molecule has 144 valence electrons. The fraction of sp³-hybridized carbons (Fsp3) is 0.286. The van der Waals surface area contributed by atoms with Gasteiger partial charge in [0.15, 0.2) is 11.2 Å². The van der Waals surface area contributed by atoms with Crippen LogP contribution in [-0.2, 0) is 20.0 Å². The van der Waals surface area contributed by atoms with Gasteiger partial charge in [0.05, 0.1) is 5.69 Å². The van der Waals surface area contributed by atoms with E-state index in [0.717, 1.165) is 23.5 Å². The van der Waals surface area contributed by atoms with Crippen molar-refractivity contribution in [3.05, 3.63) is 74.7 Å². The molecule has 0 bridgehead atoms. The average Bonchev–Trinajstić information content (AvgIpc) is 3.19. The zero-order valence-electron chi connectivity index (χ0n) is 16.6. The highest BCUT2D eigenvalue weighted by Crippen LogP contribution is 2.26. The van der Waals surface area contributed by atoms with Gasteiger partial charge in [-0.3, -0.25) is 22.9 Å². The van der Waals surface area contributed by atoms with Crippen molar-refractivity contribution in [1.82, 2.24) is 23.1 Å². The van der Waals surface area contributed by atoms with Gasteiger partial charge in [0.1, 0.15) is 0 Å². The van der Waals surface area contributed by atoms with Crippen LogP contribution in [0.1, 0.15) is 23.9 Å². The molecule has 1 aromatic carbocycles. The Morgan fingerprint density at radius 2 is 1.86 bits per heavy atom. The first-order chi connectivity index (χ1) is 13.4. The third-order valence-electron chi connectivity index (χ3n) is 5.44. The minimum atomic E-state index is -0.395. The number of benzene rings is 1. The van der Waals surface area contributed by atoms with Gasteiger partial charge in [-0.2, -0.15) is 4.98 Å². The van der Waals surface area contributed by atoms with Gasteiger partial charge < -0.3 is 0 Å². The minimum Gasteiger partial charge on any atom is -0.282 e. The molecule has 7 nitrogen and oxygen atoms in total. The molecule has 0 aliphatic carbocycles. The maximum Gasteiger partial charge on any atom is 0.332 e. The summed E-state index contributed by atoms with van der Waals surface area (Å²) in [5, 5.41) is 0. The molecule has 0 aliphatic rings. The monoisotopic (exact) mass is 377 g/mol. The van der Waals surface area contributed by atoms with Crippen LogP contribution in [0.15, 0.2) is 46.5 Å². The first kappa shape index (κ1) is 18.0. The summed E-state index contributed by atoms with van der Waals surface area (Å²) in [6.45, 7) is 9.92. The number of aryl methyl sites for hydroxylation is 3. The van der Waals surface area contributed by atoms with Crippen LogP contribution >= 0.6 is 0 Å². The molecule has 0 aliphatic heterocycles. The second-order valence-corrected chi connectivity index (χ2v) is 6.95. The average molecular weight is 377 g/mol. The fourth-order valence-electron chi connectivity index (χ4n) is 3.86. The Bertz CT molecular complexity index is 1360. The van der Waals surface area contributed by atoms with Crippen LogP contribution in [0.2, 0.25) is 0 Å². The van der Waals surface area contributed by atoms with Gasteiger partial charge in [0.2, 0.25) is 5.78 Å². The molecule has 7 heteroatoms. The third-order valence-corrected chi connectivity index (χ3v) is 5.44. The van der Waals surface area contributed by atoms with Gasteiger partial charge in [0.25, 0.3) is 5.56 Å². The van der Waals surface area contributed by atoms with Gasteiger partial charge in [-0.05, 0) is 31.9 Å². The van der Waals surface area contributed by atoms with Gasteiger partial charge in [0, 0.05) is 25.0 Å². The lowest BCUT2D eigenvalue weighted by molar-refractivity contribution is 0.667. The molecule has 0 atom stereocenters. The molecular formula is C21H23N5O2. The number of fused-ring (bicyclic) bond motifs is 3. The topological polar surface area (TPSA) is 66.2 Å². The number of hydrogen-bond acceptors (Lipinski definition) is 3. The first-order valence-corrected chi connectivity index (χ1v) is 9.31. The van der Waals surface area contributed by atoms with E-state index in [1.165, 1.54) is 14.7 Å². The molecule has 0 saturated carbocycles. The Morgan fingerprint density at radius 3 is 2.54 bits per heavy atom. The molecule has 0 radical (unpaired) electrons. The van der Waals surface area contributed by atoms with E-state index in [9.17, 15) is 9.59 Å². The molecule has 28 heavy (non-hydrogen) atoms. The van der Waals surface area contributed by atoms with Crippen LogP contribution in [0.4, 0.5) is 0 Å². The van der Waals surface area contributed by atoms with E-state index in [0.29, 0.717) is 16.9 Å². The number of para-hydroxylation sites is 1. The summed E-state index contributed by atoms with van der Waals surface area (Å²) in [5.41, 5.74) is 4.20. The number of rotatable bonds is 4. The third kappa shape index (κ3) is 2.25. The lowest BCUT2D eigenvalue weighted by Crippen LogP contribution is -2.39. The predicted molar refractivity (Wildman–Crippen MR) is 111 cm³/mol. The van der Waals surface area contributed by atoms with Crippen molar-refractivity contribution in [2.45, 2.75) is 33.7 Å². The van der Waals surface area contributed by atoms with E-state index in [1.54, 1.807) is 13.1 Å². The highest BCUT2D eigenvalue weighted by atomic mass is 16.2. The maximum absolute atomic E-state index is 13.1. The number of hydrogen-bond donors (Lipinski definition) is 0. The summed E-state index contributed by atoms with van der Waals surface area (Å²) in [6, 6.07) is 8.16. The van der Waals surface area contributed by atoms with E-state index in [-0.39, 0.29) is 12.1 Å². The summed E-state index contributed by atoms with van der Waals surface area (Å²) in [7, 11) is 1.64. The van der Waals surface area contributed by atoms with E-state index in [4.69, 9.17) is 4.98 Å².